The van der Waals surface area contributed by atoms with E-state index in [9.17, 15) is 14.4 Å². The molecule has 1 aliphatic heterocycles. The van der Waals surface area contributed by atoms with Crippen LogP contribution in [0.1, 0.15) is 20.7 Å². The van der Waals surface area contributed by atoms with Crippen LogP contribution in [0.25, 0.3) is 4.96 Å². The molecule has 2 amide bonds. The minimum Gasteiger partial charge on any atom is -0.496 e. The Balaban J connectivity index is 1.47. The topological polar surface area (TPSA) is 84.2 Å². The second kappa shape index (κ2) is 7.43. The summed E-state index contributed by atoms with van der Waals surface area (Å²) < 4.78 is 6.64. The number of para-hydroxylation sites is 1. The van der Waals surface area contributed by atoms with Gasteiger partial charge in [0.2, 0.25) is 0 Å². The first-order valence-electron chi connectivity index (χ1n) is 8.76. The van der Waals surface area contributed by atoms with Crippen LogP contribution in [0.5, 0.6) is 5.75 Å². The summed E-state index contributed by atoms with van der Waals surface area (Å²) in [6.07, 6.45) is 2.94. The highest BCUT2D eigenvalue weighted by Gasteiger charge is 2.28. The Morgan fingerprint density at radius 3 is 2.36 bits per heavy atom. The van der Waals surface area contributed by atoms with Gasteiger partial charge in [-0.2, -0.15) is 0 Å². The molecule has 3 aromatic rings. The van der Waals surface area contributed by atoms with E-state index in [1.165, 1.54) is 29.0 Å². The number of amides is 2. The van der Waals surface area contributed by atoms with Crippen molar-refractivity contribution in [2.24, 2.45) is 0 Å². The Kier molecular flexibility index (Phi) is 4.82. The largest absolute Gasteiger partial charge is 0.496 e. The van der Waals surface area contributed by atoms with Crippen LogP contribution in [0.15, 0.2) is 46.8 Å². The van der Waals surface area contributed by atoms with Crippen molar-refractivity contribution in [3.05, 3.63) is 63.5 Å². The van der Waals surface area contributed by atoms with Gasteiger partial charge in [-0.15, -0.1) is 11.3 Å². The van der Waals surface area contributed by atoms with Gasteiger partial charge in [0.15, 0.2) is 4.96 Å². The van der Waals surface area contributed by atoms with E-state index in [2.05, 4.69) is 4.98 Å². The molecule has 1 aliphatic rings. The highest BCUT2D eigenvalue weighted by molar-refractivity contribution is 7.15. The Bertz CT molecular complexity index is 1100. The van der Waals surface area contributed by atoms with E-state index in [4.69, 9.17) is 4.74 Å². The van der Waals surface area contributed by atoms with Crippen LogP contribution in [0.4, 0.5) is 0 Å². The summed E-state index contributed by atoms with van der Waals surface area (Å²) >= 11 is 1.33. The molecule has 0 radical (unpaired) electrons. The molecule has 0 bridgehead atoms. The number of rotatable bonds is 3. The number of piperazine rings is 1. The standard InChI is InChI=1S/C19H18N4O4S/c1-27-15-5-3-2-4-13(15)16(24)21-6-8-22(9-7-21)17(25)14-12-20-19-23(18(14)26)10-11-28-19/h2-5,10-12H,6-9H2,1H3. The number of aromatic nitrogens is 2. The van der Waals surface area contributed by atoms with Gasteiger partial charge in [0.1, 0.15) is 11.3 Å². The van der Waals surface area contributed by atoms with Crippen molar-refractivity contribution < 1.29 is 14.3 Å². The zero-order valence-corrected chi connectivity index (χ0v) is 16.0. The molecule has 1 saturated heterocycles. The first-order valence-corrected chi connectivity index (χ1v) is 9.64. The number of hydrogen-bond donors (Lipinski definition) is 0. The summed E-state index contributed by atoms with van der Waals surface area (Å²) in [5, 5.41) is 1.75. The number of methoxy groups -OCH3 is 1. The van der Waals surface area contributed by atoms with Crippen LogP contribution in [0.3, 0.4) is 0 Å². The Labute approximate surface area is 164 Å². The summed E-state index contributed by atoms with van der Waals surface area (Å²) in [5.74, 6) is 0.0302. The van der Waals surface area contributed by atoms with Crippen molar-refractivity contribution in [3.8, 4) is 5.75 Å². The number of benzene rings is 1. The molecule has 9 heteroatoms. The zero-order chi connectivity index (χ0) is 19.7. The number of nitrogens with zero attached hydrogens (tertiary/aromatic N) is 4. The summed E-state index contributed by atoms with van der Waals surface area (Å²) in [4.78, 5) is 46.1. The van der Waals surface area contributed by atoms with Gasteiger partial charge in [0, 0.05) is 44.0 Å². The molecular weight excluding hydrogens is 380 g/mol. The molecule has 0 saturated carbocycles. The lowest BCUT2D eigenvalue weighted by Gasteiger charge is -2.34. The maximum Gasteiger partial charge on any atom is 0.271 e. The predicted molar refractivity (Wildman–Crippen MR) is 104 cm³/mol. The molecule has 3 heterocycles. The van der Waals surface area contributed by atoms with Crippen molar-refractivity contribution in [1.29, 1.82) is 0 Å². The molecule has 144 valence electrons. The van der Waals surface area contributed by atoms with Crippen LogP contribution in [0, 0.1) is 0 Å². The summed E-state index contributed by atoms with van der Waals surface area (Å²) in [7, 11) is 1.53. The van der Waals surface area contributed by atoms with Crippen molar-refractivity contribution in [1.82, 2.24) is 19.2 Å². The minimum absolute atomic E-state index is 0.0420. The maximum absolute atomic E-state index is 12.8. The maximum atomic E-state index is 12.8. The normalized spacial score (nSPS) is 14.3. The predicted octanol–water partition coefficient (Wildman–Crippen LogP) is 1.36. The molecule has 28 heavy (non-hydrogen) atoms. The fraction of sp³-hybridized carbons (Fsp3) is 0.263. The quantitative estimate of drug-likeness (QED) is 0.665. The van der Waals surface area contributed by atoms with E-state index in [-0.39, 0.29) is 22.9 Å². The molecule has 1 aromatic carbocycles. The summed E-state index contributed by atoms with van der Waals surface area (Å²) in [6.45, 7) is 1.48. The van der Waals surface area contributed by atoms with Crippen molar-refractivity contribution >= 4 is 28.1 Å². The van der Waals surface area contributed by atoms with E-state index in [1.54, 1.807) is 39.6 Å². The molecule has 0 unspecified atom stereocenters. The Morgan fingerprint density at radius 2 is 1.68 bits per heavy atom. The van der Waals surface area contributed by atoms with Crippen LogP contribution in [0.2, 0.25) is 0 Å². The molecule has 8 nitrogen and oxygen atoms in total. The molecule has 0 aliphatic carbocycles. The van der Waals surface area contributed by atoms with E-state index >= 15 is 0 Å². The van der Waals surface area contributed by atoms with Crippen molar-refractivity contribution in [3.63, 3.8) is 0 Å². The smallest absolute Gasteiger partial charge is 0.271 e. The van der Waals surface area contributed by atoms with Gasteiger partial charge >= 0.3 is 0 Å². The average Bonchev–Trinajstić information content (AvgIpc) is 3.23. The van der Waals surface area contributed by atoms with E-state index < -0.39 is 0 Å². The van der Waals surface area contributed by atoms with E-state index in [0.29, 0.717) is 42.5 Å². The average molecular weight is 398 g/mol. The molecule has 0 N–H and O–H groups in total. The van der Waals surface area contributed by atoms with Gasteiger partial charge in [0.25, 0.3) is 17.4 Å². The lowest BCUT2D eigenvalue weighted by atomic mass is 10.1. The Hall–Kier alpha value is -3.20. The van der Waals surface area contributed by atoms with Gasteiger partial charge in [-0.3, -0.25) is 18.8 Å². The second-order valence-electron chi connectivity index (χ2n) is 6.32. The number of thiazole rings is 1. The van der Waals surface area contributed by atoms with Crippen molar-refractivity contribution in [2.45, 2.75) is 0 Å². The molecular formula is C19H18N4O4S. The number of carbonyl (C=O) groups excluding carboxylic acids is 2. The SMILES string of the molecule is COc1ccccc1C(=O)N1CCN(C(=O)c2cnc3sccn3c2=O)CC1. The van der Waals surface area contributed by atoms with Crippen LogP contribution >= 0.6 is 11.3 Å². The summed E-state index contributed by atoms with van der Waals surface area (Å²) in [5.41, 5.74) is 0.166. The monoisotopic (exact) mass is 398 g/mol. The fourth-order valence-corrected chi connectivity index (χ4v) is 3.92. The van der Waals surface area contributed by atoms with Gasteiger partial charge in [-0.25, -0.2) is 4.98 Å². The van der Waals surface area contributed by atoms with E-state index in [0.717, 1.165) is 0 Å². The van der Waals surface area contributed by atoms with Crippen LogP contribution in [-0.4, -0.2) is 64.3 Å². The molecule has 0 atom stereocenters. The molecule has 2 aromatic heterocycles. The summed E-state index contributed by atoms with van der Waals surface area (Å²) in [6, 6.07) is 7.06. The fourth-order valence-electron chi connectivity index (χ4n) is 3.25. The highest BCUT2D eigenvalue weighted by atomic mass is 32.1. The zero-order valence-electron chi connectivity index (χ0n) is 15.2. The van der Waals surface area contributed by atoms with Gasteiger partial charge in [-0.05, 0) is 12.1 Å². The third-order valence-electron chi connectivity index (χ3n) is 4.76. The lowest BCUT2D eigenvalue weighted by molar-refractivity contribution is 0.0532. The van der Waals surface area contributed by atoms with Gasteiger partial charge < -0.3 is 14.5 Å². The number of ether oxygens (including phenoxy) is 1. The molecule has 4 rings (SSSR count). The molecule has 1 fully saturated rings. The third-order valence-corrected chi connectivity index (χ3v) is 5.54. The van der Waals surface area contributed by atoms with Gasteiger partial charge in [0.05, 0.1) is 12.7 Å². The minimum atomic E-state index is -0.372. The van der Waals surface area contributed by atoms with Crippen molar-refractivity contribution in [2.75, 3.05) is 33.3 Å². The number of carbonyl (C=O) groups is 2. The Morgan fingerprint density at radius 1 is 1.04 bits per heavy atom. The van der Waals surface area contributed by atoms with Crippen LogP contribution < -0.4 is 10.3 Å². The highest BCUT2D eigenvalue weighted by Crippen LogP contribution is 2.20. The first kappa shape index (κ1) is 18.2. The number of hydrogen-bond acceptors (Lipinski definition) is 6. The van der Waals surface area contributed by atoms with Gasteiger partial charge in [-0.1, -0.05) is 12.1 Å². The first-order chi connectivity index (χ1) is 13.6. The number of fused-ring (bicyclic) bond motifs is 1. The van der Waals surface area contributed by atoms with Crippen LogP contribution in [-0.2, 0) is 0 Å². The lowest BCUT2D eigenvalue weighted by Crippen LogP contribution is -2.51. The third kappa shape index (κ3) is 3.13. The second-order valence-corrected chi connectivity index (χ2v) is 7.19. The molecule has 0 spiro atoms. The van der Waals surface area contributed by atoms with E-state index in [1.807, 2.05) is 6.07 Å².